The summed E-state index contributed by atoms with van der Waals surface area (Å²) in [5.41, 5.74) is 0.914. The Morgan fingerprint density at radius 3 is 0.833 bits per heavy atom. The second-order valence-corrected chi connectivity index (χ2v) is 27.5. The van der Waals surface area contributed by atoms with Gasteiger partial charge in [0.15, 0.2) is 52.0 Å². The van der Waals surface area contributed by atoms with E-state index in [2.05, 4.69) is 41.5 Å². The molecule has 0 spiro atoms. The summed E-state index contributed by atoms with van der Waals surface area (Å²) in [4.78, 5) is 73.6. The Morgan fingerprint density at radius 1 is 0.403 bits per heavy atom. The molecule has 0 aromatic heterocycles. The van der Waals surface area contributed by atoms with E-state index in [4.69, 9.17) is 0 Å². The predicted molar refractivity (Wildman–Crippen MR) is 274 cm³/mol. The van der Waals surface area contributed by atoms with E-state index < -0.39 is 16.2 Å². The standard InChI is InChI=1S/3C20H30O4/c3*1-12-17(24)14(22)9-15-19(12,3)6-5-13-10-18(2,16(23)11-21)7-8-20(13,15)4/h3*13,15,21,24H,5-11H2,1-4H3/t3*13-,15-,18-,19+,20-/m000/s1. The lowest BCUT2D eigenvalue weighted by molar-refractivity contribution is -0.148. The van der Waals surface area contributed by atoms with Gasteiger partial charge in [0, 0.05) is 35.5 Å². The maximum absolute atomic E-state index is 12.3. The fourth-order valence-corrected chi connectivity index (χ4v) is 18.0. The third-order valence-electron chi connectivity index (χ3n) is 24.3. The van der Waals surface area contributed by atoms with Crippen LogP contribution in [0, 0.1) is 84.2 Å². The average Bonchev–Trinajstić information content (AvgIpc) is 3.35. The SMILES string of the molecule is CC1=C(O)C(=O)C[C@@H]2[C@@]3(C)CC[C@](C)(C(=O)CO)C[C@@H]3CC[C@]12C.CC1=C(O)C(=O)C[C@@H]2[C@@]3(C)CC[C@](C)(C(=O)CO)C[C@@H]3CC[C@]12C.CC1=C(O)C(=O)C[C@@H]2[C@@]3(C)CC[C@](C)(C(=O)CO)C[C@@H]3CC[C@]12C. The molecule has 0 unspecified atom stereocenters. The minimum absolute atomic E-state index is 0.0138. The first-order valence-electron chi connectivity index (χ1n) is 27.5. The lowest BCUT2D eigenvalue weighted by Gasteiger charge is -2.61. The van der Waals surface area contributed by atoms with Crippen molar-refractivity contribution in [3.8, 4) is 0 Å². The maximum Gasteiger partial charge on any atom is 0.197 e. The van der Waals surface area contributed by atoms with Gasteiger partial charge in [-0.05, 0) is 202 Å². The van der Waals surface area contributed by atoms with Crippen LogP contribution < -0.4 is 0 Å². The third kappa shape index (κ3) is 8.57. The van der Waals surface area contributed by atoms with Crippen molar-refractivity contribution >= 4 is 34.7 Å². The van der Waals surface area contributed by atoms with E-state index in [0.29, 0.717) is 37.0 Å². The van der Waals surface area contributed by atoms with Crippen molar-refractivity contribution in [1.29, 1.82) is 0 Å². The van der Waals surface area contributed by atoms with Gasteiger partial charge < -0.3 is 30.6 Å². The molecule has 6 N–H and O–H groups in total. The molecule has 0 aromatic carbocycles. The smallest absolute Gasteiger partial charge is 0.197 e. The van der Waals surface area contributed by atoms with Crippen LogP contribution in [0.5, 0.6) is 0 Å². The topological polar surface area (TPSA) is 224 Å². The van der Waals surface area contributed by atoms with Crippen LogP contribution in [-0.2, 0) is 28.8 Å². The van der Waals surface area contributed by atoms with Crippen molar-refractivity contribution in [2.75, 3.05) is 19.8 Å². The lowest BCUT2D eigenvalue weighted by atomic mass is 9.42. The Balaban J connectivity index is 0.000000158. The summed E-state index contributed by atoms with van der Waals surface area (Å²) in [6.07, 6.45) is 14.6. The van der Waals surface area contributed by atoms with Crippen molar-refractivity contribution in [1.82, 2.24) is 0 Å². The van der Waals surface area contributed by atoms with E-state index in [9.17, 15) is 59.4 Å². The fourth-order valence-electron chi connectivity index (χ4n) is 18.0. The molecular formula is C60H90O12. The van der Waals surface area contributed by atoms with Gasteiger partial charge in [0.05, 0.1) is 0 Å². The highest BCUT2D eigenvalue weighted by atomic mass is 16.3. The molecule has 402 valence electrons. The summed E-state index contributed by atoms with van der Waals surface area (Å²) in [7, 11) is 0. The van der Waals surface area contributed by atoms with E-state index in [1.807, 2.05) is 41.5 Å². The number of carbonyl (C=O) groups excluding carboxylic acids is 6. The van der Waals surface area contributed by atoms with Crippen molar-refractivity contribution in [2.45, 2.75) is 199 Å². The highest BCUT2D eigenvalue weighted by Gasteiger charge is 2.63. The number of hydrogen-bond acceptors (Lipinski definition) is 12. The first-order chi connectivity index (χ1) is 33.2. The molecule has 9 rings (SSSR count). The largest absolute Gasteiger partial charge is 0.504 e. The molecular weight excluding hydrogens is 913 g/mol. The first kappa shape index (κ1) is 56.3. The molecule has 0 aromatic rings. The molecule has 9 aliphatic rings. The van der Waals surface area contributed by atoms with Crippen LogP contribution in [0.25, 0.3) is 0 Å². The number of fused-ring (bicyclic) bond motifs is 9. The summed E-state index contributed by atoms with van der Waals surface area (Å²) in [6.45, 7) is 24.0. The van der Waals surface area contributed by atoms with Gasteiger partial charge in [-0.25, -0.2) is 0 Å². The monoisotopic (exact) mass is 1000 g/mol. The number of carbonyl (C=O) groups is 6. The molecule has 0 saturated heterocycles. The second-order valence-electron chi connectivity index (χ2n) is 27.5. The normalized spacial score (nSPS) is 45.6. The highest BCUT2D eigenvalue weighted by Crippen LogP contribution is 2.69. The van der Waals surface area contributed by atoms with Gasteiger partial charge in [0.25, 0.3) is 0 Å². The zero-order chi connectivity index (χ0) is 53.7. The Bertz CT molecular complexity index is 2120. The zero-order valence-electron chi connectivity index (χ0n) is 45.9. The summed E-state index contributed by atoms with van der Waals surface area (Å²) < 4.78 is 0. The second kappa shape index (κ2) is 19.0. The lowest BCUT2D eigenvalue weighted by Crippen LogP contribution is -2.56. The van der Waals surface area contributed by atoms with Crippen molar-refractivity contribution < 1.29 is 59.4 Å². The number of aliphatic hydroxyl groups is 6. The Kier molecular flexibility index (Phi) is 14.8. The molecule has 6 fully saturated rings. The number of Topliss-reactive ketones (excluding diaryl/α,β-unsaturated/α-hetero) is 6. The Labute approximate surface area is 429 Å². The Morgan fingerprint density at radius 2 is 0.625 bits per heavy atom. The molecule has 12 nitrogen and oxygen atoms in total. The molecule has 0 radical (unpaired) electrons. The summed E-state index contributed by atoms with van der Waals surface area (Å²) in [5, 5.41) is 58.5. The quantitative estimate of drug-likeness (QED) is 0.146. The molecule has 6 saturated carbocycles. The van der Waals surface area contributed by atoms with Gasteiger partial charge in [-0.1, -0.05) is 62.3 Å². The van der Waals surface area contributed by atoms with E-state index >= 15 is 0 Å². The molecule has 9 aliphatic carbocycles. The molecule has 72 heavy (non-hydrogen) atoms. The fraction of sp³-hybridized carbons (Fsp3) is 0.800. The number of allylic oxidation sites excluding steroid dienone is 6. The summed E-state index contributed by atoms with van der Waals surface area (Å²) in [5.74, 6) is 1.25. The van der Waals surface area contributed by atoms with E-state index in [0.717, 1.165) is 113 Å². The first-order valence-corrected chi connectivity index (χ1v) is 27.5. The van der Waals surface area contributed by atoms with Crippen LogP contribution in [0.3, 0.4) is 0 Å². The molecule has 0 heterocycles. The van der Waals surface area contributed by atoms with Crippen LogP contribution >= 0.6 is 0 Å². The van der Waals surface area contributed by atoms with E-state index in [-0.39, 0.29) is 122 Å². The van der Waals surface area contributed by atoms with Crippen molar-refractivity contribution in [3.05, 3.63) is 34.0 Å². The zero-order valence-corrected chi connectivity index (χ0v) is 45.9. The molecule has 0 amide bonds. The minimum atomic E-state index is -0.432. The summed E-state index contributed by atoms with van der Waals surface area (Å²) in [6, 6.07) is 0. The Hall–Kier alpha value is -3.48. The van der Waals surface area contributed by atoms with Crippen LogP contribution in [0.4, 0.5) is 0 Å². The number of rotatable bonds is 6. The van der Waals surface area contributed by atoms with Gasteiger partial charge in [-0.2, -0.15) is 0 Å². The van der Waals surface area contributed by atoms with Crippen molar-refractivity contribution in [2.24, 2.45) is 84.2 Å². The van der Waals surface area contributed by atoms with Gasteiger partial charge in [-0.15, -0.1) is 0 Å². The number of aliphatic hydroxyl groups excluding tert-OH is 6. The average molecular weight is 1000 g/mol. The number of ketones is 6. The van der Waals surface area contributed by atoms with E-state index in [1.54, 1.807) is 0 Å². The predicted octanol–water partition coefficient (Wildman–Crippen LogP) is 10.7. The van der Waals surface area contributed by atoms with Gasteiger partial charge in [-0.3, -0.25) is 28.8 Å². The van der Waals surface area contributed by atoms with Crippen molar-refractivity contribution in [3.63, 3.8) is 0 Å². The van der Waals surface area contributed by atoms with Crippen LogP contribution in [0.2, 0.25) is 0 Å². The van der Waals surface area contributed by atoms with Crippen LogP contribution in [0.15, 0.2) is 34.0 Å². The van der Waals surface area contributed by atoms with Crippen LogP contribution in [0.1, 0.15) is 199 Å². The van der Waals surface area contributed by atoms with Gasteiger partial charge in [0.2, 0.25) is 0 Å². The minimum Gasteiger partial charge on any atom is -0.504 e. The summed E-state index contributed by atoms with van der Waals surface area (Å²) >= 11 is 0. The third-order valence-corrected chi connectivity index (χ3v) is 24.3. The molecule has 0 bridgehead atoms. The molecule has 15 atom stereocenters. The van der Waals surface area contributed by atoms with Gasteiger partial charge >= 0.3 is 0 Å². The maximum atomic E-state index is 12.3. The molecule has 0 aliphatic heterocycles. The van der Waals surface area contributed by atoms with E-state index in [1.165, 1.54) is 0 Å². The van der Waals surface area contributed by atoms with Crippen LogP contribution in [-0.4, -0.2) is 85.2 Å². The van der Waals surface area contributed by atoms with Gasteiger partial charge in [0.1, 0.15) is 19.8 Å². The molecule has 12 heteroatoms. The highest BCUT2D eigenvalue weighted by molar-refractivity contribution is 5.96. The number of hydrogen-bond donors (Lipinski definition) is 6.